The van der Waals surface area contributed by atoms with Crippen LogP contribution < -0.4 is 5.32 Å². The van der Waals surface area contributed by atoms with Gasteiger partial charge in [0.1, 0.15) is 0 Å². The van der Waals surface area contributed by atoms with Crippen LogP contribution in [0.1, 0.15) is 26.0 Å². The average Bonchev–Trinajstić information content (AvgIpc) is 2.65. The van der Waals surface area contributed by atoms with Crippen LogP contribution >= 0.6 is 11.8 Å². The number of hydrogen-bond acceptors (Lipinski definition) is 4. The quantitative estimate of drug-likeness (QED) is 0.701. The van der Waals surface area contributed by atoms with Gasteiger partial charge in [-0.15, -0.1) is 5.10 Å². The summed E-state index contributed by atoms with van der Waals surface area (Å²) in [5.41, 5.74) is 1.07. The number of aromatic nitrogens is 3. The molecule has 0 aromatic carbocycles. The Morgan fingerprint density at radius 2 is 2.31 bits per heavy atom. The van der Waals surface area contributed by atoms with Crippen LogP contribution in [0.2, 0.25) is 0 Å². The fourth-order valence-corrected chi connectivity index (χ4v) is 2.57. The molecule has 0 aliphatic carbocycles. The van der Waals surface area contributed by atoms with E-state index in [0.717, 1.165) is 24.4 Å². The maximum Gasteiger partial charge on any atom is 0.0842 e. The minimum absolute atomic E-state index is 0.512. The van der Waals surface area contributed by atoms with Gasteiger partial charge in [0.05, 0.1) is 5.69 Å². The highest BCUT2D eigenvalue weighted by Crippen LogP contribution is 2.08. The number of hydrogen-bond donors (Lipinski definition) is 1. The van der Waals surface area contributed by atoms with Crippen LogP contribution in [0.5, 0.6) is 0 Å². The lowest BCUT2D eigenvalue weighted by Crippen LogP contribution is -2.33. The van der Waals surface area contributed by atoms with Crippen molar-refractivity contribution in [1.29, 1.82) is 0 Å². The number of aryl methyl sites for hydroxylation is 1. The summed E-state index contributed by atoms with van der Waals surface area (Å²) in [6.45, 7) is 5.38. The second-order valence-corrected chi connectivity index (χ2v) is 5.07. The third kappa shape index (κ3) is 4.99. The molecule has 16 heavy (non-hydrogen) atoms. The van der Waals surface area contributed by atoms with Crippen molar-refractivity contribution in [2.24, 2.45) is 7.05 Å². The summed E-state index contributed by atoms with van der Waals surface area (Å²) < 4.78 is 1.76. The van der Waals surface area contributed by atoms with E-state index in [9.17, 15) is 0 Å². The van der Waals surface area contributed by atoms with Crippen LogP contribution in [-0.4, -0.2) is 39.1 Å². The van der Waals surface area contributed by atoms with E-state index in [4.69, 9.17) is 0 Å². The first-order valence-corrected chi connectivity index (χ1v) is 7.08. The SMILES string of the molecule is CCCSCC(Cc1cn(C)nn1)NCC. The highest BCUT2D eigenvalue weighted by molar-refractivity contribution is 7.99. The Labute approximate surface area is 102 Å². The molecule has 1 N–H and O–H groups in total. The summed E-state index contributed by atoms with van der Waals surface area (Å²) in [6.07, 6.45) is 4.21. The molecule has 5 heteroatoms. The maximum absolute atomic E-state index is 4.13. The average molecular weight is 242 g/mol. The van der Waals surface area contributed by atoms with E-state index < -0.39 is 0 Å². The van der Waals surface area contributed by atoms with Crippen molar-refractivity contribution >= 4 is 11.8 Å². The first-order chi connectivity index (χ1) is 7.76. The van der Waals surface area contributed by atoms with Gasteiger partial charge < -0.3 is 5.32 Å². The van der Waals surface area contributed by atoms with Crippen LogP contribution in [0, 0.1) is 0 Å². The van der Waals surface area contributed by atoms with Gasteiger partial charge in [-0.05, 0) is 18.7 Å². The van der Waals surface area contributed by atoms with Gasteiger partial charge in [0.2, 0.25) is 0 Å². The Balaban J connectivity index is 2.37. The summed E-state index contributed by atoms with van der Waals surface area (Å²) in [5, 5.41) is 11.6. The highest BCUT2D eigenvalue weighted by Gasteiger charge is 2.10. The predicted molar refractivity (Wildman–Crippen MR) is 69.8 cm³/mol. The first-order valence-electron chi connectivity index (χ1n) is 5.92. The molecule has 0 spiro atoms. The van der Waals surface area contributed by atoms with E-state index in [1.54, 1.807) is 4.68 Å². The molecule has 0 amide bonds. The van der Waals surface area contributed by atoms with E-state index in [1.807, 2.05) is 25.0 Å². The van der Waals surface area contributed by atoms with Gasteiger partial charge in [0.25, 0.3) is 0 Å². The molecule has 1 aromatic heterocycles. The smallest absolute Gasteiger partial charge is 0.0842 e. The van der Waals surface area contributed by atoms with E-state index in [0.29, 0.717) is 6.04 Å². The summed E-state index contributed by atoms with van der Waals surface area (Å²) >= 11 is 2.01. The third-order valence-electron chi connectivity index (χ3n) is 2.27. The van der Waals surface area contributed by atoms with E-state index in [1.165, 1.54) is 12.2 Å². The lowest BCUT2D eigenvalue weighted by molar-refractivity contribution is 0.566. The summed E-state index contributed by atoms with van der Waals surface area (Å²) in [4.78, 5) is 0. The van der Waals surface area contributed by atoms with Crippen molar-refractivity contribution in [3.8, 4) is 0 Å². The van der Waals surface area contributed by atoms with Crippen molar-refractivity contribution in [2.45, 2.75) is 32.7 Å². The van der Waals surface area contributed by atoms with Crippen molar-refractivity contribution < 1.29 is 0 Å². The monoisotopic (exact) mass is 242 g/mol. The second kappa shape index (κ2) is 7.68. The molecule has 0 saturated heterocycles. The fourth-order valence-electron chi connectivity index (χ4n) is 1.59. The molecule has 0 radical (unpaired) electrons. The fraction of sp³-hybridized carbons (Fsp3) is 0.818. The lowest BCUT2D eigenvalue weighted by Gasteiger charge is -2.15. The molecular formula is C11H22N4S. The van der Waals surface area contributed by atoms with Crippen molar-refractivity contribution in [2.75, 3.05) is 18.1 Å². The lowest BCUT2D eigenvalue weighted by atomic mass is 10.2. The van der Waals surface area contributed by atoms with E-state index in [2.05, 4.69) is 29.5 Å². The Hall–Kier alpha value is -0.550. The van der Waals surface area contributed by atoms with Gasteiger partial charge in [-0.25, -0.2) is 0 Å². The Kier molecular flexibility index (Phi) is 6.49. The topological polar surface area (TPSA) is 42.7 Å². The highest BCUT2D eigenvalue weighted by atomic mass is 32.2. The van der Waals surface area contributed by atoms with Crippen LogP contribution in [0.4, 0.5) is 0 Å². The third-order valence-corrected chi connectivity index (χ3v) is 3.60. The minimum atomic E-state index is 0.512. The van der Waals surface area contributed by atoms with Gasteiger partial charge >= 0.3 is 0 Å². The van der Waals surface area contributed by atoms with Crippen LogP contribution in [0.25, 0.3) is 0 Å². The zero-order valence-electron chi connectivity index (χ0n) is 10.4. The summed E-state index contributed by atoms with van der Waals surface area (Å²) in [6, 6.07) is 0.512. The van der Waals surface area contributed by atoms with Crippen molar-refractivity contribution in [1.82, 2.24) is 20.3 Å². The second-order valence-electron chi connectivity index (χ2n) is 3.92. The largest absolute Gasteiger partial charge is 0.313 e. The standard InChI is InChI=1S/C11H22N4S/c1-4-6-16-9-11(12-5-2)7-10-8-15(3)14-13-10/h8,11-12H,4-7,9H2,1-3H3. The molecule has 0 aliphatic rings. The zero-order chi connectivity index (χ0) is 11.8. The molecule has 1 atom stereocenters. The van der Waals surface area contributed by atoms with Gasteiger partial charge in [-0.3, -0.25) is 4.68 Å². The number of rotatable bonds is 8. The minimum Gasteiger partial charge on any atom is -0.313 e. The van der Waals surface area contributed by atoms with E-state index >= 15 is 0 Å². The van der Waals surface area contributed by atoms with Crippen molar-refractivity contribution in [3.63, 3.8) is 0 Å². The molecule has 0 aliphatic heterocycles. The van der Waals surface area contributed by atoms with Crippen LogP contribution in [0.15, 0.2) is 6.20 Å². The first kappa shape index (κ1) is 13.5. The zero-order valence-corrected chi connectivity index (χ0v) is 11.3. The van der Waals surface area contributed by atoms with Gasteiger partial charge in [0, 0.05) is 31.5 Å². The van der Waals surface area contributed by atoms with Crippen LogP contribution in [-0.2, 0) is 13.5 Å². The van der Waals surface area contributed by atoms with Crippen molar-refractivity contribution in [3.05, 3.63) is 11.9 Å². The number of likely N-dealkylation sites (N-methyl/N-ethyl adjacent to an activating group) is 1. The van der Waals surface area contributed by atoms with Gasteiger partial charge in [-0.2, -0.15) is 11.8 Å². The van der Waals surface area contributed by atoms with E-state index in [-0.39, 0.29) is 0 Å². The predicted octanol–water partition coefficient (Wildman–Crippen LogP) is 1.48. The summed E-state index contributed by atoms with van der Waals surface area (Å²) in [5.74, 6) is 2.39. The molecule has 1 heterocycles. The maximum atomic E-state index is 4.13. The number of nitrogens with one attached hydrogen (secondary N) is 1. The molecule has 0 bridgehead atoms. The number of thioether (sulfide) groups is 1. The molecule has 4 nitrogen and oxygen atoms in total. The summed E-state index contributed by atoms with van der Waals surface area (Å²) in [7, 11) is 1.91. The Morgan fingerprint density at radius 1 is 1.50 bits per heavy atom. The Bertz CT molecular complexity index is 287. The molecule has 0 saturated carbocycles. The normalized spacial score (nSPS) is 12.9. The van der Waals surface area contributed by atoms with Gasteiger partial charge in [0.15, 0.2) is 0 Å². The van der Waals surface area contributed by atoms with Crippen LogP contribution in [0.3, 0.4) is 0 Å². The molecule has 1 aromatic rings. The molecule has 1 unspecified atom stereocenters. The molecule has 1 rings (SSSR count). The molecule has 92 valence electrons. The molecule has 0 fully saturated rings. The molecular weight excluding hydrogens is 220 g/mol. The number of nitrogens with zero attached hydrogens (tertiary/aromatic N) is 3. The van der Waals surface area contributed by atoms with Gasteiger partial charge in [-0.1, -0.05) is 19.1 Å². The Morgan fingerprint density at radius 3 is 2.88 bits per heavy atom.